The van der Waals surface area contributed by atoms with E-state index in [2.05, 4.69) is 15.6 Å². The number of pyridine rings is 1. The number of alkyl carbamates (subject to hydrolysis) is 1. The molecule has 0 bridgehead atoms. The van der Waals surface area contributed by atoms with Crippen molar-refractivity contribution in [1.29, 1.82) is 5.26 Å². The summed E-state index contributed by atoms with van der Waals surface area (Å²) in [6.07, 6.45) is 1.11. The second kappa shape index (κ2) is 6.59. The summed E-state index contributed by atoms with van der Waals surface area (Å²) in [6, 6.07) is 5.31. The minimum Gasteiger partial charge on any atom is -0.444 e. The molecule has 1 amide bonds. The molecule has 1 aromatic rings. The number of ether oxygens (including phenoxy) is 1. The number of hydrogen-bond acceptors (Lipinski definition) is 5. The number of hydrogen-bond donors (Lipinski definition) is 2. The van der Waals surface area contributed by atoms with E-state index in [-0.39, 0.29) is 0 Å². The van der Waals surface area contributed by atoms with Crippen LogP contribution in [0.25, 0.3) is 0 Å². The van der Waals surface area contributed by atoms with Gasteiger partial charge in [-0.1, -0.05) is 0 Å². The van der Waals surface area contributed by atoms with Crippen LogP contribution in [0, 0.1) is 11.3 Å². The molecule has 19 heavy (non-hydrogen) atoms. The predicted molar refractivity (Wildman–Crippen MR) is 71.7 cm³/mol. The molecule has 0 radical (unpaired) electrons. The molecule has 2 N–H and O–H groups in total. The monoisotopic (exact) mass is 262 g/mol. The molecule has 0 unspecified atom stereocenters. The smallest absolute Gasteiger partial charge is 0.407 e. The first kappa shape index (κ1) is 14.8. The Labute approximate surface area is 112 Å². The van der Waals surface area contributed by atoms with Crippen LogP contribution in [-0.2, 0) is 4.74 Å². The Balaban J connectivity index is 2.28. The van der Waals surface area contributed by atoms with Crippen molar-refractivity contribution in [3.05, 3.63) is 23.9 Å². The number of nitriles is 1. The zero-order valence-electron chi connectivity index (χ0n) is 11.4. The Kier molecular flexibility index (Phi) is 5.12. The molecular weight excluding hydrogens is 244 g/mol. The first-order valence-corrected chi connectivity index (χ1v) is 5.97. The maximum Gasteiger partial charge on any atom is 0.407 e. The predicted octanol–water partition coefficient (Wildman–Crippen LogP) is 1.89. The van der Waals surface area contributed by atoms with Crippen LogP contribution in [0.15, 0.2) is 18.3 Å². The van der Waals surface area contributed by atoms with Gasteiger partial charge in [-0.2, -0.15) is 5.26 Å². The molecule has 0 saturated heterocycles. The summed E-state index contributed by atoms with van der Waals surface area (Å²) in [5.74, 6) is 0.602. The summed E-state index contributed by atoms with van der Waals surface area (Å²) in [5.41, 5.74) is 0.0396. The highest BCUT2D eigenvalue weighted by Crippen LogP contribution is 2.06. The summed E-state index contributed by atoms with van der Waals surface area (Å²) in [5, 5.41) is 14.4. The molecule has 1 aromatic heterocycles. The summed E-state index contributed by atoms with van der Waals surface area (Å²) in [4.78, 5) is 15.4. The first-order valence-electron chi connectivity index (χ1n) is 5.97. The van der Waals surface area contributed by atoms with E-state index in [9.17, 15) is 4.79 Å². The zero-order valence-corrected chi connectivity index (χ0v) is 11.4. The molecule has 0 spiro atoms. The van der Waals surface area contributed by atoms with Gasteiger partial charge in [-0.15, -0.1) is 0 Å². The molecule has 6 heteroatoms. The third-order valence-electron chi connectivity index (χ3n) is 1.99. The van der Waals surface area contributed by atoms with Crippen LogP contribution in [0.1, 0.15) is 26.3 Å². The normalized spacial score (nSPS) is 10.4. The highest BCUT2D eigenvalue weighted by atomic mass is 16.6. The van der Waals surface area contributed by atoms with Gasteiger partial charge in [0.15, 0.2) is 0 Å². The van der Waals surface area contributed by atoms with E-state index in [1.165, 1.54) is 0 Å². The molecule has 0 aromatic carbocycles. The summed E-state index contributed by atoms with van der Waals surface area (Å²) in [6.45, 7) is 6.33. The lowest BCUT2D eigenvalue weighted by atomic mass is 10.2. The van der Waals surface area contributed by atoms with Gasteiger partial charge in [0.2, 0.25) is 0 Å². The summed E-state index contributed by atoms with van der Waals surface area (Å²) < 4.78 is 5.09. The maximum absolute atomic E-state index is 11.4. The van der Waals surface area contributed by atoms with E-state index in [1.807, 2.05) is 26.8 Å². The van der Waals surface area contributed by atoms with Gasteiger partial charge in [-0.3, -0.25) is 0 Å². The van der Waals surface area contributed by atoms with Crippen molar-refractivity contribution in [3.63, 3.8) is 0 Å². The second-order valence-electron chi connectivity index (χ2n) is 4.90. The standard InChI is InChI=1S/C13H18N4O2/c1-13(2,3)19-12(18)17-7-6-16-11-8-10(9-14)4-5-15-11/h4-5,8H,6-7H2,1-3H3,(H,15,16)(H,17,18). The van der Waals surface area contributed by atoms with E-state index < -0.39 is 11.7 Å². The van der Waals surface area contributed by atoms with Crippen molar-refractivity contribution in [1.82, 2.24) is 10.3 Å². The van der Waals surface area contributed by atoms with E-state index in [4.69, 9.17) is 10.00 Å². The van der Waals surface area contributed by atoms with Gasteiger partial charge in [0.05, 0.1) is 11.6 Å². The molecule has 6 nitrogen and oxygen atoms in total. The van der Waals surface area contributed by atoms with E-state index in [0.29, 0.717) is 24.5 Å². The molecule has 1 rings (SSSR count). The van der Waals surface area contributed by atoms with Crippen LogP contribution in [0.3, 0.4) is 0 Å². The van der Waals surface area contributed by atoms with Gasteiger partial charge in [0.25, 0.3) is 0 Å². The number of aromatic nitrogens is 1. The van der Waals surface area contributed by atoms with E-state index >= 15 is 0 Å². The number of nitrogens with one attached hydrogen (secondary N) is 2. The van der Waals surface area contributed by atoms with Crippen LogP contribution in [0.2, 0.25) is 0 Å². The fourth-order valence-corrected chi connectivity index (χ4v) is 1.27. The Morgan fingerprint density at radius 2 is 2.21 bits per heavy atom. The van der Waals surface area contributed by atoms with Crippen molar-refractivity contribution in [2.45, 2.75) is 26.4 Å². The lowest BCUT2D eigenvalue weighted by molar-refractivity contribution is 0.0530. The number of carbonyl (C=O) groups excluding carboxylic acids is 1. The lowest BCUT2D eigenvalue weighted by Crippen LogP contribution is -2.35. The Morgan fingerprint density at radius 1 is 1.47 bits per heavy atom. The lowest BCUT2D eigenvalue weighted by Gasteiger charge is -2.19. The van der Waals surface area contributed by atoms with Crippen LogP contribution >= 0.6 is 0 Å². The Morgan fingerprint density at radius 3 is 2.84 bits per heavy atom. The van der Waals surface area contributed by atoms with Crippen LogP contribution < -0.4 is 10.6 Å². The van der Waals surface area contributed by atoms with Crippen LogP contribution in [0.5, 0.6) is 0 Å². The first-order chi connectivity index (χ1) is 8.90. The average Bonchev–Trinajstić information content (AvgIpc) is 2.33. The molecule has 1 heterocycles. The van der Waals surface area contributed by atoms with Gasteiger partial charge in [0.1, 0.15) is 11.4 Å². The fourth-order valence-electron chi connectivity index (χ4n) is 1.27. The Hall–Kier alpha value is -2.29. The van der Waals surface area contributed by atoms with Gasteiger partial charge in [-0.05, 0) is 32.9 Å². The van der Waals surface area contributed by atoms with Crippen LogP contribution in [0.4, 0.5) is 10.6 Å². The van der Waals surface area contributed by atoms with E-state index in [1.54, 1.807) is 18.3 Å². The second-order valence-corrected chi connectivity index (χ2v) is 4.90. The van der Waals surface area contributed by atoms with Gasteiger partial charge < -0.3 is 15.4 Å². The molecule has 102 valence electrons. The topological polar surface area (TPSA) is 87.0 Å². The number of carbonyl (C=O) groups is 1. The summed E-state index contributed by atoms with van der Waals surface area (Å²) in [7, 11) is 0. The van der Waals surface area contributed by atoms with Crippen molar-refractivity contribution < 1.29 is 9.53 Å². The minimum absolute atomic E-state index is 0.410. The third-order valence-corrected chi connectivity index (χ3v) is 1.99. The molecule has 0 aliphatic rings. The van der Waals surface area contributed by atoms with Gasteiger partial charge in [0, 0.05) is 19.3 Å². The number of nitrogens with zero attached hydrogens (tertiary/aromatic N) is 2. The molecule has 0 aliphatic carbocycles. The largest absolute Gasteiger partial charge is 0.444 e. The van der Waals surface area contributed by atoms with Crippen LogP contribution in [-0.4, -0.2) is 29.8 Å². The molecule has 0 atom stereocenters. The number of anilines is 1. The van der Waals surface area contributed by atoms with Crippen molar-refractivity contribution in [2.75, 3.05) is 18.4 Å². The molecular formula is C13H18N4O2. The molecule has 0 fully saturated rings. The van der Waals surface area contributed by atoms with Crippen molar-refractivity contribution in [2.24, 2.45) is 0 Å². The van der Waals surface area contributed by atoms with Gasteiger partial charge >= 0.3 is 6.09 Å². The van der Waals surface area contributed by atoms with E-state index in [0.717, 1.165) is 0 Å². The van der Waals surface area contributed by atoms with Crippen molar-refractivity contribution in [3.8, 4) is 6.07 Å². The third kappa shape index (κ3) is 6.27. The average molecular weight is 262 g/mol. The number of rotatable bonds is 4. The molecule has 0 aliphatic heterocycles. The highest BCUT2D eigenvalue weighted by Gasteiger charge is 2.15. The van der Waals surface area contributed by atoms with Gasteiger partial charge in [-0.25, -0.2) is 9.78 Å². The quantitative estimate of drug-likeness (QED) is 0.809. The molecule has 0 saturated carbocycles. The SMILES string of the molecule is CC(C)(C)OC(=O)NCCNc1cc(C#N)ccn1. The highest BCUT2D eigenvalue weighted by molar-refractivity contribution is 5.67. The fraction of sp³-hybridized carbons (Fsp3) is 0.462. The zero-order chi connectivity index (χ0) is 14.3. The minimum atomic E-state index is -0.500. The maximum atomic E-state index is 11.4. The summed E-state index contributed by atoms with van der Waals surface area (Å²) >= 11 is 0. The van der Waals surface area contributed by atoms with Crippen molar-refractivity contribution >= 4 is 11.9 Å². The Bertz CT molecular complexity index is 474. The number of amides is 1.